The van der Waals surface area contributed by atoms with E-state index in [-0.39, 0.29) is 11.7 Å². The molecule has 1 atom stereocenters. The van der Waals surface area contributed by atoms with E-state index in [1.165, 1.54) is 0 Å². The number of aryl methyl sites for hydroxylation is 1. The normalized spacial score (nSPS) is 18.2. The zero-order chi connectivity index (χ0) is 20.3. The molecule has 152 valence electrons. The number of piperidine rings is 1. The molecule has 1 N–H and O–H groups in total. The maximum absolute atomic E-state index is 12.0. The molecule has 1 unspecified atom stereocenters. The SMILES string of the molecule is Cc1ccc2c(CN3CCCC(CNC(=O)OC(C)(C)C)C3)cc(=O)oc2c1. The number of amides is 1. The second-order valence-electron chi connectivity index (χ2n) is 8.72. The Morgan fingerprint density at radius 2 is 2.11 bits per heavy atom. The highest BCUT2D eigenvalue weighted by molar-refractivity contribution is 5.80. The average Bonchev–Trinajstić information content (AvgIpc) is 2.58. The number of hydrogen-bond acceptors (Lipinski definition) is 5. The molecule has 1 aliphatic rings. The summed E-state index contributed by atoms with van der Waals surface area (Å²) in [5.74, 6) is 0.370. The van der Waals surface area contributed by atoms with Crippen molar-refractivity contribution in [2.45, 2.75) is 52.7 Å². The first-order valence-corrected chi connectivity index (χ1v) is 9.92. The standard InChI is InChI=1S/C22H30N2O4/c1-15-7-8-18-17(11-20(25)27-19(18)10-15)14-24-9-5-6-16(13-24)12-23-21(26)28-22(2,3)4/h7-8,10-11,16H,5-6,9,12-14H2,1-4H3,(H,23,26). The Kier molecular flexibility index (Phi) is 6.08. The number of carbonyl (C=O) groups is 1. The number of benzene rings is 1. The summed E-state index contributed by atoms with van der Waals surface area (Å²) in [7, 11) is 0. The fraction of sp³-hybridized carbons (Fsp3) is 0.545. The van der Waals surface area contributed by atoms with Gasteiger partial charge in [-0.2, -0.15) is 0 Å². The lowest BCUT2D eigenvalue weighted by atomic mass is 9.97. The van der Waals surface area contributed by atoms with Crippen molar-refractivity contribution >= 4 is 17.1 Å². The summed E-state index contributed by atoms with van der Waals surface area (Å²) in [6.45, 7) is 10.7. The monoisotopic (exact) mass is 386 g/mol. The van der Waals surface area contributed by atoms with E-state index in [4.69, 9.17) is 9.15 Å². The molecular formula is C22H30N2O4. The van der Waals surface area contributed by atoms with Crippen LogP contribution in [-0.4, -0.2) is 36.2 Å². The van der Waals surface area contributed by atoms with Crippen molar-refractivity contribution in [3.8, 4) is 0 Å². The third kappa shape index (κ3) is 5.58. The Bertz CT molecular complexity index is 898. The quantitative estimate of drug-likeness (QED) is 0.809. The lowest BCUT2D eigenvalue weighted by molar-refractivity contribution is 0.0506. The van der Waals surface area contributed by atoms with Crippen LogP contribution in [0, 0.1) is 12.8 Å². The molecule has 1 aromatic carbocycles. The van der Waals surface area contributed by atoms with Crippen LogP contribution in [0.3, 0.4) is 0 Å². The minimum atomic E-state index is -0.490. The molecule has 0 aliphatic carbocycles. The van der Waals surface area contributed by atoms with Crippen molar-refractivity contribution in [2.24, 2.45) is 5.92 Å². The van der Waals surface area contributed by atoms with E-state index >= 15 is 0 Å². The largest absolute Gasteiger partial charge is 0.444 e. The summed E-state index contributed by atoms with van der Waals surface area (Å²) < 4.78 is 10.7. The van der Waals surface area contributed by atoms with Crippen LogP contribution in [0.1, 0.15) is 44.7 Å². The molecule has 2 heterocycles. The van der Waals surface area contributed by atoms with Gasteiger partial charge in [-0.3, -0.25) is 4.90 Å². The molecule has 3 rings (SSSR count). The second kappa shape index (κ2) is 8.35. The lowest BCUT2D eigenvalue weighted by Gasteiger charge is -2.33. The van der Waals surface area contributed by atoms with E-state index in [2.05, 4.69) is 10.2 Å². The van der Waals surface area contributed by atoms with Gasteiger partial charge in [-0.05, 0) is 70.2 Å². The third-order valence-corrected chi connectivity index (χ3v) is 4.92. The lowest BCUT2D eigenvalue weighted by Crippen LogP contribution is -2.42. The van der Waals surface area contributed by atoms with E-state index in [0.717, 1.165) is 42.4 Å². The maximum atomic E-state index is 12.0. The Morgan fingerprint density at radius 1 is 1.32 bits per heavy atom. The van der Waals surface area contributed by atoms with E-state index < -0.39 is 5.60 Å². The van der Waals surface area contributed by atoms with Gasteiger partial charge in [0.05, 0.1) is 0 Å². The number of ether oxygens (including phenoxy) is 1. The van der Waals surface area contributed by atoms with Crippen molar-refractivity contribution in [1.29, 1.82) is 0 Å². The van der Waals surface area contributed by atoms with Crippen LogP contribution in [0.4, 0.5) is 4.79 Å². The topological polar surface area (TPSA) is 71.8 Å². The highest BCUT2D eigenvalue weighted by atomic mass is 16.6. The van der Waals surface area contributed by atoms with Gasteiger partial charge in [0.2, 0.25) is 0 Å². The number of likely N-dealkylation sites (tertiary alicyclic amines) is 1. The number of hydrogen-bond donors (Lipinski definition) is 1. The summed E-state index contributed by atoms with van der Waals surface area (Å²) in [6, 6.07) is 7.56. The smallest absolute Gasteiger partial charge is 0.407 e. The van der Waals surface area contributed by atoms with Crippen LogP contribution >= 0.6 is 0 Å². The molecule has 1 fully saturated rings. The predicted octanol–water partition coefficient (Wildman–Crippen LogP) is 3.84. The molecule has 6 heteroatoms. The van der Waals surface area contributed by atoms with Gasteiger partial charge in [-0.25, -0.2) is 9.59 Å². The zero-order valence-corrected chi connectivity index (χ0v) is 17.2. The Hall–Kier alpha value is -2.34. The summed E-state index contributed by atoms with van der Waals surface area (Å²) in [5.41, 5.74) is 1.90. The third-order valence-electron chi connectivity index (χ3n) is 4.92. The highest BCUT2D eigenvalue weighted by Gasteiger charge is 2.23. The summed E-state index contributed by atoms with van der Waals surface area (Å²) in [5, 5.41) is 3.87. The average molecular weight is 386 g/mol. The van der Waals surface area contributed by atoms with Crippen LogP contribution in [0.5, 0.6) is 0 Å². The van der Waals surface area contributed by atoms with Gasteiger partial charge in [-0.1, -0.05) is 12.1 Å². The first-order chi connectivity index (χ1) is 13.2. The highest BCUT2D eigenvalue weighted by Crippen LogP contribution is 2.23. The van der Waals surface area contributed by atoms with Crippen molar-refractivity contribution in [1.82, 2.24) is 10.2 Å². The van der Waals surface area contributed by atoms with Crippen LogP contribution in [0.15, 0.2) is 33.5 Å². The minimum Gasteiger partial charge on any atom is -0.444 e. The van der Waals surface area contributed by atoms with Gasteiger partial charge in [0.1, 0.15) is 11.2 Å². The maximum Gasteiger partial charge on any atom is 0.407 e. The van der Waals surface area contributed by atoms with Crippen LogP contribution in [0.2, 0.25) is 0 Å². The van der Waals surface area contributed by atoms with Crippen molar-refractivity contribution in [3.63, 3.8) is 0 Å². The molecule has 1 amide bonds. The van der Waals surface area contributed by atoms with Gasteiger partial charge in [0, 0.05) is 31.1 Å². The number of nitrogens with zero attached hydrogens (tertiary/aromatic N) is 1. The summed E-state index contributed by atoms with van der Waals surface area (Å²) in [4.78, 5) is 26.2. The minimum absolute atomic E-state index is 0.312. The van der Waals surface area contributed by atoms with Crippen molar-refractivity contribution in [3.05, 3.63) is 45.8 Å². The molecule has 0 spiro atoms. The molecule has 6 nitrogen and oxygen atoms in total. The van der Waals surface area contributed by atoms with Gasteiger partial charge in [-0.15, -0.1) is 0 Å². The number of carbonyl (C=O) groups excluding carboxylic acids is 1. The second-order valence-corrected chi connectivity index (χ2v) is 8.72. The number of fused-ring (bicyclic) bond motifs is 1. The van der Waals surface area contributed by atoms with Crippen molar-refractivity contribution < 1.29 is 13.9 Å². The fourth-order valence-corrected chi connectivity index (χ4v) is 3.71. The molecule has 0 saturated carbocycles. The first-order valence-electron chi connectivity index (χ1n) is 9.92. The molecule has 1 aliphatic heterocycles. The van der Waals surface area contributed by atoms with Gasteiger partial charge < -0.3 is 14.5 Å². The van der Waals surface area contributed by atoms with Gasteiger partial charge in [0.15, 0.2) is 0 Å². The molecule has 0 radical (unpaired) electrons. The van der Waals surface area contributed by atoms with Gasteiger partial charge >= 0.3 is 11.7 Å². The first kappa shape index (κ1) is 20.4. The molecule has 2 aromatic rings. The van der Waals surface area contributed by atoms with Gasteiger partial charge in [0.25, 0.3) is 0 Å². The van der Waals surface area contributed by atoms with Crippen LogP contribution in [-0.2, 0) is 11.3 Å². The summed E-state index contributed by atoms with van der Waals surface area (Å²) >= 11 is 0. The van der Waals surface area contributed by atoms with E-state index in [1.807, 2.05) is 45.9 Å². The summed E-state index contributed by atoms with van der Waals surface area (Å²) in [6.07, 6.45) is 1.77. The Balaban J connectivity index is 1.63. The Labute approximate surface area is 165 Å². The molecular weight excluding hydrogens is 356 g/mol. The van der Waals surface area contributed by atoms with E-state index in [9.17, 15) is 9.59 Å². The van der Waals surface area contributed by atoms with Crippen molar-refractivity contribution in [2.75, 3.05) is 19.6 Å². The number of rotatable bonds is 4. The number of alkyl carbamates (subject to hydrolysis) is 1. The molecule has 1 saturated heterocycles. The fourth-order valence-electron chi connectivity index (χ4n) is 3.71. The molecule has 28 heavy (non-hydrogen) atoms. The van der Waals surface area contributed by atoms with E-state index in [0.29, 0.717) is 24.6 Å². The molecule has 0 bridgehead atoms. The molecule has 1 aromatic heterocycles. The Morgan fingerprint density at radius 3 is 2.86 bits per heavy atom. The number of nitrogens with one attached hydrogen (secondary N) is 1. The van der Waals surface area contributed by atoms with E-state index in [1.54, 1.807) is 6.07 Å². The van der Waals surface area contributed by atoms with Crippen LogP contribution in [0.25, 0.3) is 11.0 Å². The van der Waals surface area contributed by atoms with Crippen LogP contribution < -0.4 is 10.9 Å². The zero-order valence-electron chi connectivity index (χ0n) is 17.2. The predicted molar refractivity (Wildman–Crippen MR) is 109 cm³/mol.